The van der Waals surface area contributed by atoms with Gasteiger partial charge in [0.05, 0.1) is 11.9 Å². The van der Waals surface area contributed by atoms with E-state index in [0.29, 0.717) is 6.04 Å². The summed E-state index contributed by atoms with van der Waals surface area (Å²) in [5, 5.41) is 6.39. The minimum Gasteiger partial charge on any atom is -0.444 e. The van der Waals surface area contributed by atoms with Crippen LogP contribution in [0.1, 0.15) is 46.5 Å². The van der Waals surface area contributed by atoms with Gasteiger partial charge in [0.2, 0.25) is 0 Å². The molecule has 0 unspecified atom stereocenters. The highest BCUT2D eigenvalue weighted by Crippen LogP contribution is 2.26. The molecule has 1 amide bonds. The first-order valence-electron chi connectivity index (χ1n) is 8.86. The Morgan fingerprint density at radius 1 is 1.21 bits per heavy atom. The second kappa shape index (κ2) is 6.87. The van der Waals surface area contributed by atoms with Gasteiger partial charge in [-0.2, -0.15) is 0 Å². The molecule has 0 aromatic carbocycles. The summed E-state index contributed by atoms with van der Waals surface area (Å²) in [7, 11) is 0. The average Bonchev–Trinajstić information content (AvgIpc) is 2.98. The molecule has 1 aromatic rings. The van der Waals surface area contributed by atoms with E-state index in [1.54, 1.807) is 0 Å². The highest BCUT2D eigenvalue weighted by molar-refractivity contribution is 5.68. The predicted molar refractivity (Wildman–Crippen MR) is 95.5 cm³/mol. The van der Waals surface area contributed by atoms with Crippen molar-refractivity contribution in [1.82, 2.24) is 10.3 Å². The molecule has 6 nitrogen and oxygen atoms in total. The van der Waals surface area contributed by atoms with E-state index in [1.165, 1.54) is 12.8 Å². The lowest BCUT2D eigenvalue weighted by atomic mass is 9.87. The Morgan fingerprint density at radius 2 is 1.92 bits per heavy atom. The Kier molecular flexibility index (Phi) is 4.83. The van der Waals surface area contributed by atoms with Crippen molar-refractivity contribution in [3.8, 4) is 0 Å². The zero-order valence-electron chi connectivity index (χ0n) is 14.8. The maximum Gasteiger partial charge on any atom is 0.407 e. The average molecular weight is 332 g/mol. The Morgan fingerprint density at radius 3 is 2.50 bits per heavy atom. The molecule has 2 fully saturated rings. The van der Waals surface area contributed by atoms with E-state index in [0.717, 1.165) is 37.4 Å². The highest BCUT2D eigenvalue weighted by atomic mass is 16.6. The second-order valence-electron chi connectivity index (χ2n) is 7.76. The lowest BCUT2D eigenvalue weighted by Gasteiger charge is -2.37. The van der Waals surface area contributed by atoms with Gasteiger partial charge in [-0.05, 0) is 58.6 Å². The van der Waals surface area contributed by atoms with E-state index >= 15 is 0 Å². The summed E-state index contributed by atoms with van der Waals surface area (Å²) in [6.07, 6.45) is 5.91. The van der Waals surface area contributed by atoms with Gasteiger partial charge in [0.1, 0.15) is 11.4 Å². The van der Waals surface area contributed by atoms with Crippen molar-refractivity contribution in [3.63, 3.8) is 0 Å². The van der Waals surface area contributed by atoms with E-state index in [4.69, 9.17) is 4.74 Å². The zero-order chi connectivity index (χ0) is 17.2. The molecule has 6 heteroatoms. The van der Waals surface area contributed by atoms with Gasteiger partial charge in [0.25, 0.3) is 0 Å². The van der Waals surface area contributed by atoms with Gasteiger partial charge in [0, 0.05) is 25.2 Å². The number of carbonyl (C=O) groups excluding carboxylic acids is 1. The molecule has 24 heavy (non-hydrogen) atoms. The van der Waals surface area contributed by atoms with Gasteiger partial charge < -0.3 is 20.3 Å². The number of amides is 1. The van der Waals surface area contributed by atoms with Gasteiger partial charge in [0.15, 0.2) is 0 Å². The SMILES string of the molecule is CC(C)(C)OC(=O)NC1CC(Nc2ccc(N3CCCC3)nc2)C1. The molecular weight excluding hydrogens is 304 g/mol. The molecule has 1 saturated heterocycles. The van der Waals surface area contributed by atoms with Crippen LogP contribution in [0.3, 0.4) is 0 Å². The highest BCUT2D eigenvalue weighted by Gasteiger charge is 2.31. The molecule has 132 valence electrons. The van der Waals surface area contributed by atoms with Gasteiger partial charge in [-0.25, -0.2) is 9.78 Å². The monoisotopic (exact) mass is 332 g/mol. The number of nitrogens with zero attached hydrogens (tertiary/aromatic N) is 2. The predicted octanol–water partition coefficient (Wildman–Crippen LogP) is 3.15. The zero-order valence-corrected chi connectivity index (χ0v) is 14.8. The third-order valence-electron chi connectivity index (χ3n) is 4.41. The van der Waals surface area contributed by atoms with Crippen LogP contribution in [0, 0.1) is 0 Å². The quantitative estimate of drug-likeness (QED) is 0.886. The van der Waals surface area contributed by atoms with Crippen molar-refractivity contribution in [3.05, 3.63) is 18.3 Å². The summed E-state index contributed by atoms with van der Waals surface area (Å²) in [5.41, 5.74) is 0.590. The minimum atomic E-state index is -0.450. The summed E-state index contributed by atoms with van der Waals surface area (Å²) in [6, 6.07) is 4.75. The van der Waals surface area contributed by atoms with Crippen LogP contribution in [0.5, 0.6) is 0 Å². The van der Waals surface area contributed by atoms with Gasteiger partial charge >= 0.3 is 6.09 Å². The first-order valence-corrected chi connectivity index (χ1v) is 8.86. The van der Waals surface area contributed by atoms with Crippen LogP contribution in [-0.2, 0) is 4.74 Å². The molecule has 1 aliphatic carbocycles. The molecule has 0 bridgehead atoms. The fourth-order valence-corrected chi connectivity index (χ4v) is 3.17. The molecule has 0 atom stereocenters. The van der Waals surface area contributed by atoms with Crippen LogP contribution in [-0.4, -0.2) is 41.9 Å². The summed E-state index contributed by atoms with van der Waals surface area (Å²) >= 11 is 0. The van der Waals surface area contributed by atoms with Crippen molar-refractivity contribution >= 4 is 17.6 Å². The van der Waals surface area contributed by atoms with Crippen LogP contribution in [0.25, 0.3) is 0 Å². The molecule has 2 aliphatic rings. The number of nitrogens with one attached hydrogen (secondary N) is 2. The molecule has 1 aliphatic heterocycles. The van der Waals surface area contributed by atoms with E-state index in [2.05, 4.69) is 32.7 Å². The van der Waals surface area contributed by atoms with Crippen LogP contribution in [0.15, 0.2) is 18.3 Å². The summed E-state index contributed by atoms with van der Waals surface area (Å²) < 4.78 is 5.27. The van der Waals surface area contributed by atoms with E-state index < -0.39 is 5.60 Å². The summed E-state index contributed by atoms with van der Waals surface area (Å²) in [4.78, 5) is 18.6. The number of carbonyl (C=O) groups is 1. The maximum atomic E-state index is 11.7. The molecule has 1 saturated carbocycles. The van der Waals surface area contributed by atoms with Crippen molar-refractivity contribution in [2.75, 3.05) is 23.3 Å². The first kappa shape index (κ1) is 16.9. The molecule has 3 rings (SSSR count). The fourth-order valence-electron chi connectivity index (χ4n) is 3.17. The molecule has 0 radical (unpaired) electrons. The smallest absolute Gasteiger partial charge is 0.407 e. The molecule has 2 N–H and O–H groups in total. The molecule has 0 spiro atoms. The minimum absolute atomic E-state index is 0.189. The Bertz CT molecular complexity index is 555. The lowest BCUT2D eigenvalue weighted by molar-refractivity contribution is 0.0475. The van der Waals surface area contributed by atoms with E-state index in [-0.39, 0.29) is 12.1 Å². The standard InChI is InChI=1S/C18H28N4O2/c1-18(2,3)24-17(23)21-15-10-14(11-15)20-13-6-7-16(19-12-13)22-8-4-5-9-22/h6-7,12,14-15,20H,4-5,8-11H2,1-3H3,(H,21,23). The third-order valence-corrected chi connectivity index (χ3v) is 4.41. The molecule has 2 heterocycles. The number of alkyl carbamates (subject to hydrolysis) is 1. The third kappa shape index (κ3) is 4.52. The Labute approximate surface area is 144 Å². The fraction of sp³-hybridized carbons (Fsp3) is 0.667. The lowest BCUT2D eigenvalue weighted by Crippen LogP contribution is -2.50. The normalized spacial score (nSPS) is 23.5. The maximum absolute atomic E-state index is 11.7. The van der Waals surface area contributed by atoms with E-state index in [9.17, 15) is 4.79 Å². The number of anilines is 2. The van der Waals surface area contributed by atoms with Gasteiger partial charge in [-0.3, -0.25) is 0 Å². The number of hydrogen-bond acceptors (Lipinski definition) is 5. The van der Waals surface area contributed by atoms with Crippen molar-refractivity contribution in [1.29, 1.82) is 0 Å². The largest absolute Gasteiger partial charge is 0.444 e. The number of hydrogen-bond donors (Lipinski definition) is 2. The number of pyridine rings is 1. The van der Waals surface area contributed by atoms with Crippen LogP contribution in [0.2, 0.25) is 0 Å². The summed E-state index contributed by atoms with van der Waals surface area (Å²) in [5.74, 6) is 1.07. The van der Waals surface area contributed by atoms with Crippen LogP contribution in [0.4, 0.5) is 16.3 Å². The molecular formula is C18H28N4O2. The number of aromatic nitrogens is 1. The topological polar surface area (TPSA) is 66.5 Å². The van der Waals surface area contributed by atoms with Crippen molar-refractivity contribution in [2.24, 2.45) is 0 Å². The van der Waals surface area contributed by atoms with Crippen molar-refractivity contribution < 1.29 is 9.53 Å². The van der Waals surface area contributed by atoms with Crippen molar-refractivity contribution in [2.45, 2.75) is 64.1 Å². The first-order chi connectivity index (χ1) is 11.4. The second-order valence-corrected chi connectivity index (χ2v) is 7.76. The molecule has 1 aromatic heterocycles. The van der Waals surface area contributed by atoms with Crippen LogP contribution < -0.4 is 15.5 Å². The number of rotatable bonds is 4. The summed E-state index contributed by atoms with van der Waals surface area (Å²) in [6.45, 7) is 7.84. The Balaban J connectivity index is 1.40. The van der Waals surface area contributed by atoms with Gasteiger partial charge in [-0.15, -0.1) is 0 Å². The van der Waals surface area contributed by atoms with Crippen LogP contribution >= 0.6 is 0 Å². The Hall–Kier alpha value is -1.98. The number of ether oxygens (including phenoxy) is 1. The van der Waals surface area contributed by atoms with Gasteiger partial charge in [-0.1, -0.05) is 0 Å². The van der Waals surface area contributed by atoms with E-state index in [1.807, 2.05) is 27.0 Å².